The van der Waals surface area contributed by atoms with E-state index in [4.69, 9.17) is 0 Å². The van der Waals surface area contributed by atoms with Crippen LogP contribution in [-0.2, 0) is 12.8 Å². The van der Waals surface area contributed by atoms with Gasteiger partial charge in [0.25, 0.3) is 5.69 Å². The van der Waals surface area contributed by atoms with E-state index in [0.717, 1.165) is 12.0 Å². The lowest BCUT2D eigenvalue weighted by molar-refractivity contribution is -0.385. The van der Waals surface area contributed by atoms with Crippen molar-refractivity contribution >= 4 is 5.69 Å². The summed E-state index contributed by atoms with van der Waals surface area (Å²) >= 11 is 0. The van der Waals surface area contributed by atoms with Crippen molar-refractivity contribution in [3.8, 4) is 0 Å². The fraction of sp³-hybridized carbons (Fsp3) is 0.167. The van der Waals surface area contributed by atoms with E-state index in [9.17, 15) is 10.1 Å². The van der Waals surface area contributed by atoms with Gasteiger partial charge in [-0.25, -0.2) is 0 Å². The lowest BCUT2D eigenvalue weighted by atomic mass is 10.1. The molecule has 86 valence electrons. The molecule has 0 aliphatic rings. The van der Waals surface area contributed by atoms with Gasteiger partial charge in [-0.15, -0.1) is 0 Å². The topological polar surface area (TPSA) is 68.9 Å². The van der Waals surface area contributed by atoms with E-state index in [1.165, 1.54) is 6.20 Å². The molecule has 2 heterocycles. The van der Waals surface area contributed by atoms with Crippen molar-refractivity contribution in [3.05, 3.63) is 64.2 Å². The van der Waals surface area contributed by atoms with Crippen molar-refractivity contribution < 1.29 is 4.92 Å². The maximum Gasteiger partial charge on any atom is 0.290 e. The number of hydrogen-bond acceptors (Lipinski definition) is 4. The SMILES string of the molecule is O=[N+]([O-])c1cnccc1CCc1ccncc1. The molecule has 0 atom stereocenters. The van der Waals surface area contributed by atoms with Gasteiger partial charge in [-0.05, 0) is 36.6 Å². The monoisotopic (exact) mass is 229 g/mol. The summed E-state index contributed by atoms with van der Waals surface area (Å²) in [5.74, 6) is 0. The van der Waals surface area contributed by atoms with Gasteiger partial charge in [0.2, 0.25) is 0 Å². The van der Waals surface area contributed by atoms with Crippen LogP contribution in [0.3, 0.4) is 0 Å². The summed E-state index contributed by atoms with van der Waals surface area (Å²) in [6, 6.07) is 5.51. The van der Waals surface area contributed by atoms with E-state index in [2.05, 4.69) is 9.97 Å². The molecule has 2 aromatic rings. The molecule has 5 heteroatoms. The number of hydrogen-bond donors (Lipinski definition) is 0. The van der Waals surface area contributed by atoms with Crippen LogP contribution in [0, 0.1) is 10.1 Å². The fourth-order valence-corrected chi connectivity index (χ4v) is 1.62. The van der Waals surface area contributed by atoms with Gasteiger partial charge in [-0.1, -0.05) is 0 Å². The summed E-state index contributed by atoms with van der Waals surface area (Å²) in [7, 11) is 0. The van der Waals surface area contributed by atoms with Crippen molar-refractivity contribution in [1.29, 1.82) is 0 Å². The van der Waals surface area contributed by atoms with E-state index in [0.29, 0.717) is 12.0 Å². The average molecular weight is 229 g/mol. The third-order valence-electron chi connectivity index (χ3n) is 2.52. The molecular weight excluding hydrogens is 218 g/mol. The smallest absolute Gasteiger partial charge is 0.265 e. The third kappa shape index (κ3) is 2.84. The van der Waals surface area contributed by atoms with Gasteiger partial charge in [0, 0.05) is 24.2 Å². The third-order valence-corrected chi connectivity index (χ3v) is 2.52. The molecule has 5 nitrogen and oxygen atoms in total. The van der Waals surface area contributed by atoms with Crippen LogP contribution in [0.25, 0.3) is 0 Å². The van der Waals surface area contributed by atoms with Crippen LogP contribution in [0.15, 0.2) is 43.0 Å². The van der Waals surface area contributed by atoms with Gasteiger partial charge in [-0.3, -0.25) is 20.1 Å². The normalized spacial score (nSPS) is 10.1. The Kier molecular flexibility index (Phi) is 3.40. The van der Waals surface area contributed by atoms with Crippen molar-refractivity contribution in [2.24, 2.45) is 0 Å². The second-order valence-electron chi connectivity index (χ2n) is 3.62. The molecule has 0 N–H and O–H groups in total. The Balaban J connectivity index is 2.12. The Morgan fingerprint density at radius 3 is 2.47 bits per heavy atom. The van der Waals surface area contributed by atoms with Crippen molar-refractivity contribution in [1.82, 2.24) is 9.97 Å². The number of nitro groups is 1. The highest BCUT2D eigenvalue weighted by atomic mass is 16.6. The molecule has 0 amide bonds. The van der Waals surface area contributed by atoms with Crippen molar-refractivity contribution in [2.75, 3.05) is 0 Å². The number of rotatable bonds is 4. The minimum absolute atomic E-state index is 0.0848. The first-order valence-corrected chi connectivity index (χ1v) is 5.23. The van der Waals surface area contributed by atoms with E-state index < -0.39 is 4.92 Å². The first kappa shape index (κ1) is 11.2. The van der Waals surface area contributed by atoms with Crippen molar-refractivity contribution in [2.45, 2.75) is 12.8 Å². The predicted octanol–water partition coefficient (Wildman–Crippen LogP) is 2.17. The van der Waals surface area contributed by atoms with Gasteiger partial charge >= 0.3 is 0 Å². The largest absolute Gasteiger partial charge is 0.290 e. The van der Waals surface area contributed by atoms with Gasteiger partial charge < -0.3 is 0 Å². The van der Waals surface area contributed by atoms with Gasteiger partial charge in [0.1, 0.15) is 6.20 Å². The molecule has 0 saturated heterocycles. The molecule has 0 aliphatic heterocycles. The van der Waals surface area contributed by atoms with Crippen LogP contribution in [-0.4, -0.2) is 14.9 Å². The van der Waals surface area contributed by atoms with Crippen LogP contribution in [0.1, 0.15) is 11.1 Å². The van der Waals surface area contributed by atoms with Crippen LogP contribution in [0.4, 0.5) is 5.69 Å². The summed E-state index contributed by atoms with van der Waals surface area (Å²) in [5, 5.41) is 10.8. The Labute approximate surface area is 98.3 Å². The Bertz CT molecular complexity index is 514. The van der Waals surface area contributed by atoms with E-state index in [1.54, 1.807) is 24.7 Å². The Hall–Kier alpha value is -2.30. The van der Waals surface area contributed by atoms with E-state index >= 15 is 0 Å². The molecule has 0 unspecified atom stereocenters. The van der Waals surface area contributed by atoms with Crippen LogP contribution >= 0.6 is 0 Å². The molecular formula is C12H11N3O2. The number of aromatic nitrogens is 2. The molecule has 0 aliphatic carbocycles. The second-order valence-corrected chi connectivity index (χ2v) is 3.62. The predicted molar refractivity (Wildman–Crippen MR) is 62.5 cm³/mol. The molecule has 0 aromatic carbocycles. The minimum atomic E-state index is -0.394. The minimum Gasteiger partial charge on any atom is -0.265 e. The highest BCUT2D eigenvalue weighted by molar-refractivity contribution is 5.37. The maximum atomic E-state index is 10.8. The number of nitrogens with zero attached hydrogens (tertiary/aromatic N) is 3. The Morgan fingerprint density at radius 1 is 1.06 bits per heavy atom. The Morgan fingerprint density at radius 2 is 1.76 bits per heavy atom. The zero-order chi connectivity index (χ0) is 12.1. The highest BCUT2D eigenvalue weighted by Gasteiger charge is 2.12. The molecule has 0 bridgehead atoms. The maximum absolute atomic E-state index is 10.8. The molecule has 0 radical (unpaired) electrons. The average Bonchev–Trinajstić information content (AvgIpc) is 2.38. The zero-order valence-electron chi connectivity index (χ0n) is 9.11. The summed E-state index contributed by atoms with van der Waals surface area (Å²) in [6.07, 6.45) is 7.69. The first-order valence-electron chi connectivity index (χ1n) is 5.23. The summed E-state index contributed by atoms with van der Waals surface area (Å²) in [6.45, 7) is 0. The number of aryl methyl sites for hydroxylation is 2. The molecule has 0 saturated carbocycles. The van der Waals surface area contributed by atoms with Gasteiger partial charge in [-0.2, -0.15) is 0 Å². The van der Waals surface area contributed by atoms with Gasteiger partial charge in [0.05, 0.1) is 4.92 Å². The second kappa shape index (κ2) is 5.16. The summed E-state index contributed by atoms with van der Waals surface area (Å²) < 4.78 is 0. The van der Waals surface area contributed by atoms with Crippen molar-refractivity contribution in [3.63, 3.8) is 0 Å². The van der Waals surface area contributed by atoms with E-state index in [-0.39, 0.29) is 5.69 Å². The quantitative estimate of drug-likeness (QED) is 0.595. The van der Waals surface area contributed by atoms with Crippen LogP contribution < -0.4 is 0 Å². The lowest BCUT2D eigenvalue weighted by Gasteiger charge is -2.02. The first-order chi connectivity index (χ1) is 8.27. The molecule has 2 aromatic heterocycles. The van der Waals surface area contributed by atoms with Crippen LogP contribution in [0.2, 0.25) is 0 Å². The molecule has 17 heavy (non-hydrogen) atoms. The highest BCUT2D eigenvalue weighted by Crippen LogP contribution is 2.18. The summed E-state index contributed by atoms with van der Waals surface area (Å²) in [5.41, 5.74) is 1.91. The molecule has 2 rings (SSSR count). The fourth-order valence-electron chi connectivity index (χ4n) is 1.62. The molecule has 0 fully saturated rings. The summed E-state index contributed by atoms with van der Waals surface area (Å²) in [4.78, 5) is 18.1. The molecule has 0 spiro atoms. The zero-order valence-corrected chi connectivity index (χ0v) is 9.11. The standard InChI is InChI=1S/C12H11N3O2/c16-15(17)12-9-14-8-5-11(12)2-1-10-3-6-13-7-4-10/h3-9H,1-2H2. The van der Waals surface area contributed by atoms with Crippen LogP contribution in [0.5, 0.6) is 0 Å². The van der Waals surface area contributed by atoms with Gasteiger partial charge in [0.15, 0.2) is 0 Å². The van der Waals surface area contributed by atoms with E-state index in [1.807, 2.05) is 12.1 Å². The lowest BCUT2D eigenvalue weighted by Crippen LogP contribution is -1.98. The number of pyridine rings is 2.